The summed E-state index contributed by atoms with van der Waals surface area (Å²) in [5.41, 5.74) is 0.721. The monoisotopic (exact) mass is 304 g/mol. The normalized spacial score (nSPS) is 25.2. The lowest BCUT2D eigenvalue weighted by molar-refractivity contribution is 0.0652. The van der Waals surface area contributed by atoms with Gasteiger partial charge in [-0.05, 0) is 44.0 Å². The number of hydrogen-bond donors (Lipinski definition) is 1. The first-order chi connectivity index (χ1) is 10.7. The Balaban J connectivity index is 1.57. The molecule has 2 atom stereocenters. The van der Waals surface area contributed by atoms with Gasteiger partial charge < -0.3 is 19.7 Å². The maximum Gasteiger partial charge on any atom is 0.254 e. The summed E-state index contributed by atoms with van der Waals surface area (Å²) >= 11 is 0. The third-order valence-corrected chi connectivity index (χ3v) is 4.32. The summed E-state index contributed by atoms with van der Waals surface area (Å²) in [7, 11) is 0. The minimum Gasteiger partial charge on any atom is -0.491 e. The van der Waals surface area contributed by atoms with Crippen LogP contribution in [0, 0.1) is 0 Å². The van der Waals surface area contributed by atoms with Crippen molar-refractivity contribution >= 4 is 5.91 Å². The van der Waals surface area contributed by atoms with E-state index in [9.17, 15) is 4.79 Å². The predicted octanol–water partition coefficient (Wildman–Crippen LogP) is 1.68. The number of benzene rings is 1. The summed E-state index contributed by atoms with van der Waals surface area (Å²) in [5, 5.41) is 3.30. The molecule has 1 aromatic rings. The van der Waals surface area contributed by atoms with Crippen molar-refractivity contribution in [1.29, 1.82) is 0 Å². The molecular weight excluding hydrogens is 280 g/mol. The molecule has 22 heavy (non-hydrogen) atoms. The molecule has 0 aromatic heterocycles. The minimum atomic E-state index is 0.0969. The van der Waals surface area contributed by atoms with Gasteiger partial charge in [0.2, 0.25) is 0 Å². The zero-order valence-electron chi connectivity index (χ0n) is 13.1. The molecule has 1 amide bonds. The maximum atomic E-state index is 12.5. The van der Waals surface area contributed by atoms with Gasteiger partial charge in [-0.1, -0.05) is 0 Å². The average Bonchev–Trinajstić information content (AvgIpc) is 3.07. The van der Waals surface area contributed by atoms with Crippen molar-refractivity contribution in [3.05, 3.63) is 29.8 Å². The van der Waals surface area contributed by atoms with Gasteiger partial charge in [0.05, 0.1) is 6.10 Å². The Morgan fingerprint density at radius 3 is 2.91 bits per heavy atom. The third-order valence-electron chi connectivity index (χ3n) is 4.32. The van der Waals surface area contributed by atoms with Gasteiger partial charge in [0.15, 0.2) is 0 Å². The number of ether oxygens (including phenoxy) is 2. The van der Waals surface area contributed by atoms with Gasteiger partial charge in [0.1, 0.15) is 12.4 Å². The summed E-state index contributed by atoms with van der Waals surface area (Å²) in [6.45, 7) is 5.97. The number of piperazine rings is 1. The Hall–Kier alpha value is -1.59. The Kier molecular flexibility index (Phi) is 4.95. The SMILES string of the molecule is CC1CNCCN1C(=O)c1ccc(OCC2CCCO2)cc1. The van der Waals surface area contributed by atoms with E-state index in [0.717, 1.165) is 50.4 Å². The second-order valence-corrected chi connectivity index (χ2v) is 6.02. The first-order valence-electron chi connectivity index (χ1n) is 8.10. The van der Waals surface area contributed by atoms with Crippen LogP contribution in [0.5, 0.6) is 5.75 Å². The van der Waals surface area contributed by atoms with Crippen LogP contribution in [0.3, 0.4) is 0 Å². The van der Waals surface area contributed by atoms with Crippen molar-refractivity contribution in [2.24, 2.45) is 0 Å². The van der Waals surface area contributed by atoms with Crippen LogP contribution >= 0.6 is 0 Å². The molecule has 2 heterocycles. The summed E-state index contributed by atoms with van der Waals surface area (Å²) in [4.78, 5) is 14.5. The summed E-state index contributed by atoms with van der Waals surface area (Å²) in [6, 6.07) is 7.67. The molecule has 0 spiro atoms. The van der Waals surface area contributed by atoms with Crippen LogP contribution in [0.4, 0.5) is 0 Å². The van der Waals surface area contributed by atoms with Gasteiger partial charge in [0, 0.05) is 37.8 Å². The van der Waals surface area contributed by atoms with Gasteiger partial charge in [-0.3, -0.25) is 4.79 Å². The zero-order chi connectivity index (χ0) is 15.4. The van der Waals surface area contributed by atoms with E-state index in [2.05, 4.69) is 12.2 Å². The van der Waals surface area contributed by atoms with Gasteiger partial charge in [0.25, 0.3) is 5.91 Å². The van der Waals surface area contributed by atoms with Crippen molar-refractivity contribution < 1.29 is 14.3 Å². The van der Waals surface area contributed by atoms with E-state index in [4.69, 9.17) is 9.47 Å². The second kappa shape index (κ2) is 7.11. The highest BCUT2D eigenvalue weighted by atomic mass is 16.5. The van der Waals surface area contributed by atoms with E-state index < -0.39 is 0 Å². The molecule has 2 aliphatic heterocycles. The number of nitrogens with one attached hydrogen (secondary N) is 1. The summed E-state index contributed by atoms with van der Waals surface area (Å²) in [6.07, 6.45) is 2.39. The van der Waals surface area contributed by atoms with Crippen LogP contribution < -0.4 is 10.1 Å². The first-order valence-corrected chi connectivity index (χ1v) is 8.10. The minimum absolute atomic E-state index is 0.0969. The standard InChI is InChI=1S/C17H24N2O3/c1-13-11-18-8-9-19(13)17(20)14-4-6-15(7-5-14)22-12-16-3-2-10-21-16/h4-7,13,16,18H,2-3,8-12H2,1H3. The lowest BCUT2D eigenvalue weighted by atomic mass is 10.1. The van der Waals surface area contributed by atoms with E-state index in [0.29, 0.717) is 6.61 Å². The quantitative estimate of drug-likeness (QED) is 0.919. The lowest BCUT2D eigenvalue weighted by Crippen LogP contribution is -2.52. The van der Waals surface area contributed by atoms with Crippen LogP contribution in [0.25, 0.3) is 0 Å². The fraction of sp³-hybridized carbons (Fsp3) is 0.588. The number of nitrogens with zero attached hydrogens (tertiary/aromatic N) is 1. The highest BCUT2D eigenvalue weighted by Gasteiger charge is 2.24. The smallest absolute Gasteiger partial charge is 0.254 e. The number of rotatable bonds is 4. The van der Waals surface area contributed by atoms with Crippen molar-refractivity contribution in [3.8, 4) is 5.75 Å². The van der Waals surface area contributed by atoms with Gasteiger partial charge >= 0.3 is 0 Å². The first kappa shape index (κ1) is 15.3. The number of carbonyl (C=O) groups is 1. The molecule has 0 bridgehead atoms. The van der Waals surface area contributed by atoms with Crippen LogP contribution in [0.2, 0.25) is 0 Å². The highest BCUT2D eigenvalue weighted by molar-refractivity contribution is 5.94. The third kappa shape index (κ3) is 3.59. The number of hydrogen-bond acceptors (Lipinski definition) is 4. The van der Waals surface area contributed by atoms with E-state index in [1.807, 2.05) is 29.2 Å². The van der Waals surface area contributed by atoms with E-state index in [1.54, 1.807) is 0 Å². The summed E-state index contributed by atoms with van der Waals surface area (Å²) in [5.74, 6) is 0.889. The molecule has 5 heteroatoms. The van der Waals surface area contributed by atoms with Crippen molar-refractivity contribution in [1.82, 2.24) is 10.2 Å². The van der Waals surface area contributed by atoms with Crippen molar-refractivity contribution in [2.75, 3.05) is 32.8 Å². The average molecular weight is 304 g/mol. The molecular formula is C17H24N2O3. The molecule has 5 nitrogen and oxygen atoms in total. The second-order valence-electron chi connectivity index (χ2n) is 6.02. The molecule has 2 unspecified atom stereocenters. The zero-order valence-corrected chi connectivity index (χ0v) is 13.1. The fourth-order valence-electron chi connectivity index (χ4n) is 2.97. The highest BCUT2D eigenvalue weighted by Crippen LogP contribution is 2.18. The number of carbonyl (C=O) groups excluding carboxylic acids is 1. The predicted molar refractivity (Wildman–Crippen MR) is 84.3 cm³/mol. The van der Waals surface area contributed by atoms with E-state index >= 15 is 0 Å². The lowest BCUT2D eigenvalue weighted by Gasteiger charge is -2.34. The van der Waals surface area contributed by atoms with Crippen LogP contribution in [-0.2, 0) is 4.74 Å². The fourth-order valence-corrected chi connectivity index (χ4v) is 2.97. The molecule has 2 aliphatic rings. The molecule has 120 valence electrons. The molecule has 3 rings (SSSR count). The van der Waals surface area contributed by atoms with E-state index in [1.165, 1.54) is 0 Å². The Labute approximate surface area is 131 Å². The van der Waals surface area contributed by atoms with Crippen LogP contribution in [0.15, 0.2) is 24.3 Å². The number of amides is 1. The molecule has 2 saturated heterocycles. The van der Waals surface area contributed by atoms with Gasteiger partial charge in [-0.15, -0.1) is 0 Å². The molecule has 1 N–H and O–H groups in total. The molecule has 2 fully saturated rings. The molecule has 0 aliphatic carbocycles. The Morgan fingerprint density at radius 2 is 2.23 bits per heavy atom. The van der Waals surface area contributed by atoms with Gasteiger partial charge in [-0.2, -0.15) is 0 Å². The van der Waals surface area contributed by atoms with Crippen molar-refractivity contribution in [3.63, 3.8) is 0 Å². The summed E-state index contributed by atoms with van der Waals surface area (Å²) < 4.78 is 11.3. The molecule has 1 aromatic carbocycles. The van der Waals surface area contributed by atoms with Crippen LogP contribution in [0.1, 0.15) is 30.1 Å². The Bertz CT molecular complexity index is 497. The van der Waals surface area contributed by atoms with Crippen molar-refractivity contribution in [2.45, 2.75) is 31.9 Å². The Morgan fingerprint density at radius 1 is 1.41 bits per heavy atom. The molecule has 0 saturated carbocycles. The largest absolute Gasteiger partial charge is 0.491 e. The topological polar surface area (TPSA) is 50.8 Å². The van der Waals surface area contributed by atoms with E-state index in [-0.39, 0.29) is 18.1 Å². The van der Waals surface area contributed by atoms with Gasteiger partial charge in [-0.25, -0.2) is 0 Å². The van der Waals surface area contributed by atoms with Crippen LogP contribution in [-0.4, -0.2) is 55.8 Å². The maximum absolute atomic E-state index is 12.5. The molecule has 0 radical (unpaired) electrons.